The number of hydrogen-bond donors (Lipinski definition) is 2. The van der Waals surface area contributed by atoms with Crippen molar-refractivity contribution in [1.29, 1.82) is 0 Å². The number of rotatable bonds is 7. The van der Waals surface area contributed by atoms with Crippen molar-refractivity contribution in [1.82, 2.24) is 24.5 Å². The fourth-order valence-corrected chi connectivity index (χ4v) is 7.28. The lowest BCUT2D eigenvalue weighted by Gasteiger charge is -2.33. The summed E-state index contributed by atoms with van der Waals surface area (Å²) in [6.45, 7) is 1.05. The maximum absolute atomic E-state index is 13.2. The van der Waals surface area contributed by atoms with Crippen molar-refractivity contribution < 1.29 is 8.42 Å². The Kier molecular flexibility index (Phi) is 5.00. The average Bonchev–Trinajstić information content (AvgIpc) is 3.29. The molecule has 184 valence electrons. The van der Waals surface area contributed by atoms with Gasteiger partial charge in [-0.15, -0.1) is 0 Å². The first-order valence-electron chi connectivity index (χ1n) is 12.4. The van der Waals surface area contributed by atoms with E-state index in [1.54, 1.807) is 4.31 Å². The standard InChI is InChI=1S/C26H27N7O2S/c34-36(35,16-17-6-2-1-3-7-17)33-15-19-12-20(33)14-32(19)26-27-22-9-5-4-8-21(22)25(29-26)28-24-13-23(30-31-24)18-10-11-18/h1-9,13,18-20H,10-12,14-16H2,(H2,27,28,29,30,31). The minimum atomic E-state index is -3.39. The van der Waals surface area contributed by atoms with E-state index in [1.807, 2.05) is 54.6 Å². The largest absolute Gasteiger partial charge is 0.335 e. The van der Waals surface area contributed by atoms with Crippen LogP contribution >= 0.6 is 0 Å². The Morgan fingerprint density at radius 3 is 2.56 bits per heavy atom. The van der Waals surface area contributed by atoms with E-state index in [4.69, 9.17) is 9.97 Å². The Labute approximate surface area is 209 Å². The third-order valence-corrected chi connectivity index (χ3v) is 9.31. The molecule has 2 N–H and O–H groups in total. The quantitative estimate of drug-likeness (QED) is 0.397. The summed E-state index contributed by atoms with van der Waals surface area (Å²) in [6.07, 6.45) is 3.20. The second-order valence-electron chi connectivity index (χ2n) is 10.0. The molecule has 2 unspecified atom stereocenters. The van der Waals surface area contributed by atoms with Crippen LogP contribution < -0.4 is 10.2 Å². The summed E-state index contributed by atoms with van der Waals surface area (Å²) in [6, 6.07) is 19.4. The van der Waals surface area contributed by atoms with Gasteiger partial charge in [0.2, 0.25) is 16.0 Å². The van der Waals surface area contributed by atoms with E-state index in [2.05, 4.69) is 26.5 Å². The van der Waals surface area contributed by atoms with E-state index >= 15 is 0 Å². The van der Waals surface area contributed by atoms with E-state index in [-0.39, 0.29) is 17.8 Å². The molecule has 7 rings (SSSR count). The number of piperazine rings is 1. The van der Waals surface area contributed by atoms with Crippen LogP contribution in [-0.4, -0.2) is 58.1 Å². The molecule has 1 saturated carbocycles. The molecule has 0 radical (unpaired) electrons. The topological polar surface area (TPSA) is 107 Å². The third kappa shape index (κ3) is 3.90. The van der Waals surface area contributed by atoms with Gasteiger partial charge in [-0.1, -0.05) is 42.5 Å². The first-order valence-corrected chi connectivity index (χ1v) is 14.0. The molecule has 0 amide bonds. The van der Waals surface area contributed by atoms with Crippen molar-refractivity contribution in [3.8, 4) is 0 Å². The minimum Gasteiger partial charge on any atom is -0.335 e. The molecule has 3 aliphatic rings. The summed E-state index contributed by atoms with van der Waals surface area (Å²) in [7, 11) is -3.39. The van der Waals surface area contributed by atoms with Gasteiger partial charge < -0.3 is 10.2 Å². The maximum Gasteiger partial charge on any atom is 0.228 e. The summed E-state index contributed by atoms with van der Waals surface area (Å²) in [5, 5.41) is 11.9. The lowest BCUT2D eigenvalue weighted by atomic mass is 10.2. The first kappa shape index (κ1) is 21.8. The van der Waals surface area contributed by atoms with Crippen molar-refractivity contribution in [3.63, 3.8) is 0 Å². The van der Waals surface area contributed by atoms with E-state index in [1.165, 1.54) is 12.8 Å². The molecule has 2 aromatic heterocycles. The predicted molar refractivity (Wildman–Crippen MR) is 139 cm³/mol. The van der Waals surface area contributed by atoms with Gasteiger partial charge in [0.05, 0.1) is 11.3 Å². The number of aromatic amines is 1. The first-order chi connectivity index (χ1) is 17.5. The molecule has 9 nitrogen and oxygen atoms in total. The predicted octanol–water partition coefficient (Wildman–Crippen LogP) is 3.77. The molecule has 4 heterocycles. The van der Waals surface area contributed by atoms with Crippen molar-refractivity contribution in [2.24, 2.45) is 0 Å². The summed E-state index contributed by atoms with van der Waals surface area (Å²) in [4.78, 5) is 11.9. The second kappa shape index (κ2) is 8.28. The van der Waals surface area contributed by atoms with Crippen molar-refractivity contribution in [2.75, 3.05) is 23.3 Å². The van der Waals surface area contributed by atoms with Crippen LogP contribution in [0, 0.1) is 0 Å². The van der Waals surface area contributed by atoms with E-state index in [9.17, 15) is 8.42 Å². The van der Waals surface area contributed by atoms with Gasteiger partial charge in [-0.3, -0.25) is 5.10 Å². The molecule has 3 fully saturated rings. The van der Waals surface area contributed by atoms with Crippen molar-refractivity contribution >= 4 is 38.5 Å². The van der Waals surface area contributed by atoms with Crippen molar-refractivity contribution in [2.45, 2.75) is 43.0 Å². The molecule has 2 aromatic carbocycles. The molecule has 10 heteroatoms. The Hall–Kier alpha value is -3.50. The fourth-order valence-electron chi connectivity index (χ4n) is 5.50. The number of nitrogens with one attached hydrogen (secondary N) is 2. The number of benzene rings is 2. The smallest absolute Gasteiger partial charge is 0.228 e. The molecule has 1 aliphatic carbocycles. The molecule has 36 heavy (non-hydrogen) atoms. The number of anilines is 3. The van der Waals surface area contributed by atoms with Crippen molar-refractivity contribution in [3.05, 3.63) is 71.9 Å². The molecular weight excluding hydrogens is 474 g/mol. The van der Waals surface area contributed by atoms with Gasteiger partial charge in [0.15, 0.2) is 5.82 Å². The fraction of sp³-hybridized carbons (Fsp3) is 0.346. The number of sulfonamides is 1. The highest BCUT2D eigenvalue weighted by Gasteiger charge is 2.48. The lowest BCUT2D eigenvalue weighted by molar-refractivity contribution is 0.366. The van der Waals surface area contributed by atoms with Gasteiger partial charge in [-0.25, -0.2) is 13.4 Å². The highest BCUT2D eigenvalue weighted by molar-refractivity contribution is 7.88. The lowest BCUT2D eigenvalue weighted by Crippen LogP contribution is -2.49. The van der Waals surface area contributed by atoms with Gasteiger partial charge in [-0.05, 0) is 37.0 Å². The van der Waals surface area contributed by atoms with E-state index < -0.39 is 10.0 Å². The monoisotopic (exact) mass is 501 g/mol. The Bertz CT molecular complexity index is 1530. The van der Waals surface area contributed by atoms with Crippen LogP contribution in [0.4, 0.5) is 17.6 Å². The number of para-hydroxylation sites is 1. The molecule has 0 spiro atoms. The molecule has 2 bridgehead atoms. The highest BCUT2D eigenvalue weighted by atomic mass is 32.2. The summed E-state index contributed by atoms with van der Waals surface area (Å²) in [5.41, 5.74) is 2.82. The number of aromatic nitrogens is 4. The van der Waals surface area contributed by atoms with Gasteiger partial charge in [0, 0.05) is 48.2 Å². The SMILES string of the molecule is O=S(=O)(Cc1ccccc1)N1CC2CC1CN2c1nc(Nc2cc(C3CC3)[nH]n2)c2ccccc2n1. The summed E-state index contributed by atoms with van der Waals surface area (Å²) < 4.78 is 28.0. The Morgan fingerprint density at radius 2 is 1.78 bits per heavy atom. The van der Waals surface area contributed by atoms with Gasteiger partial charge >= 0.3 is 0 Å². The van der Waals surface area contributed by atoms with E-state index in [0.717, 1.165) is 34.4 Å². The second-order valence-corrected chi connectivity index (χ2v) is 11.9. The minimum absolute atomic E-state index is 0.0319. The van der Waals surface area contributed by atoms with Crippen LogP contribution in [0.15, 0.2) is 60.7 Å². The van der Waals surface area contributed by atoms with E-state index in [0.29, 0.717) is 30.8 Å². The maximum atomic E-state index is 13.2. The number of nitrogens with zero attached hydrogens (tertiary/aromatic N) is 5. The number of fused-ring (bicyclic) bond motifs is 3. The highest BCUT2D eigenvalue weighted by Crippen LogP contribution is 2.40. The molecular formula is C26H27N7O2S. The average molecular weight is 502 g/mol. The third-order valence-electron chi connectivity index (χ3n) is 7.45. The number of hydrogen-bond acceptors (Lipinski definition) is 7. The summed E-state index contributed by atoms with van der Waals surface area (Å²) in [5.74, 6) is 2.70. The molecule has 2 aliphatic heterocycles. The zero-order valence-electron chi connectivity index (χ0n) is 19.7. The molecule has 4 aromatic rings. The summed E-state index contributed by atoms with van der Waals surface area (Å²) >= 11 is 0. The van der Waals surface area contributed by atoms with Crippen LogP contribution in [0.25, 0.3) is 10.9 Å². The van der Waals surface area contributed by atoms with Crippen LogP contribution in [-0.2, 0) is 15.8 Å². The Morgan fingerprint density at radius 1 is 0.972 bits per heavy atom. The van der Waals surface area contributed by atoms with Crippen LogP contribution in [0.1, 0.15) is 36.4 Å². The zero-order chi connectivity index (χ0) is 24.3. The number of H-pyrrole nitrogens is 1. The van der Waals surface area contributed by atoms with Gasteiger partial charge in [-0.2, -0.15) is 14.4 Å². The van der Waals surface area contributed by atoms with Gasteiger partial charge in [0.25, 0.3) is 0 Å². The zero-order valence-corrected chi connectivity index (χ0v) is 20.5. The van der Waals surface area contributed by atoms with Crippen LogP contribution in [0.5, 0.6) is 0 Å². The van der Waals surface area contributed by atoms with Crippen LogP contribution in [0.3, 0.4) is 0 Å². The molecule has 2 saturated heterocycles. The Balaban J connectivity index is 1.14. The molecule has 2 atom stereocenters. The van der Waals surface area contributed by atoms with Gasteiger partial charge in [0.1, 0.15) is 5.82 Å². The van der Waals surface area contributed by atoms with Crippen LogP contribution in [0.2, 0.25) is 0 Å². The normalized spacial score (nSPS) is 21.9.